The van der Waals surface area contributed by atoms with Gasteiger partial charge in [0.1, 0.15) is 34.3 Å². The van der Waals surface area contributed by atoms with E-state index in [1.54, 1.807) is 17.9 Å². The Bertz CT molecular complexity index is 1040. The molecule has 0 N–H and O–H groups in total. The second kappa shape index (κ2) is 7.63. The standard InChI is InChI=1S/C21H21ClFN3O3/c1-11(2)17-10-15(24-29-17)16-8-5-9-26(16)21(27)18-12(3)28-25-20(18)19-13(22)6-4-7-14(19)23/h4,6-7,10-11,16H,5,8-9H2,1-3H3. The first kappa shape index (κ1) is 19.6. The minimum Gasteiger partial charge on any atom is -0.361 e. The van der Waals surface area contributed by atoms with Crippen LogP contribution in [0.2, 0.25) is 5.02 Å². The predicted molar refractivity (Wildman–Crippen MR) is 105 cm³/mol. The van der Waals surface area contributed by atoms with Crippen molar-refractivity contribution in [2.75, 3.05) is 6.54 Å². The van der Waals surface area contributed by atoms with Crippen molar-refractivity contribution in [1.82, 2.24) is 15.2 Å². The van der Waals surface area contributed by atoms with E-state index in [0.29, 0.717) is 12.3 Å². The summed E-state index contributed by atoms with van der Waals surface area (Å²) in [6.45, 7) is 6.23. The largest absolute Gasteiger partial charge is 0.361 e. The van der Waals surface area contributed by atoms with Gasteiger partial charge in [-0.15, -0.1) is 0 Å². The Hall–Kier alpha value is -2.67. The topological polar surface area (TPSA) is 72.4 Å². The van der Waals surface area contributed by atoms with Crippen molar-refractivity contribution in [3.63, 3.8) is 0 Å². The fourth-order valence-electron chi connectivity index (χ4n) is 3.71. The molecule has 29 heavy (non-hydrogen) atoms. The Labute approximate surface area is 172 Å². The van der Waals surface area contributed by atoms with E-state index in [-0.39, 0.29) is 39.7 Å². The minimum atomic E-state index is -0.559. The van der Waals surface area contributed by atoms with Crippen molar-refractivity contribution >= 4 is 17.5 Å². The van der Waals surface area contributed by atoms with Crippen LogP contribution in [0.15, 0.2) is 33.3 Å². The zero-order chi connectivity index (χ0) is 20.7. The van der Waals surface area contributed by atoms with Crippen molar-refractivity contribution in [3.05, 3.63) is 57.9 Å². The minimum absolute atomic E-state index is 0.0636. The van der Waals surface area contributed by atoms with Crippen LogP contribution >= 0.6 is 11.6 Å². The Morgan fingerprint density at radius 3 is 2.79 bits per heavy atom. The average Bonchev–Trinajstić information content (AvgIpc) is 3.40. The van der Waals surface area contributed by atoms with Gasteiger partial charge < -0.3 is 13.9 Å². The molecule has 0 spiro atoms. The maximum absolute atomic E-state index is 14.5. The first-order valence-electron chi connectivity index (χ1n) is 9.56. The third kappa shape index (κ3) is 3.44. The summed E-state index contributed by atoms with van der Waals surface area (Å²) in [7, 11) is 0. The molecule has 0 bridgehead atoms. The van der Waals surface area contributed by atoms with E-state index in [2.05, 4.69) is 10.3 Å². The van der Waals surface area contributed by atoms with Crippen LogP contribution < -0.4 is 0 Å². The molecule has 3 aromatic rings. The Balaban J connectivity index is 1.72. The van der Waals surface area contributed by atoms with Crippen molar-refractivity contribution < 1.29 is 18.2 Å². The molecule has 1 unspecified atom stereocenters. The third-order valence-electron chi connectivity index (χ3n) is 5.25. The number of hydrogen-bond donors (Lipinski definition) is 0. The number of hydrogen-bond acceptors (Lipinski definition) is 5. The van der Waals surface area contributed by atoms with Gasteiger partial charge in [0, 0.05) is 18.5 Å². The van der Waals surface area contributed by atoms with E-state index in [9.17, 15) is 9.18 Å². The van der Waals surface area contributed by atoms with E-state index in [0.717, 1.165) is 24.3 Å². The molecule has 1 aromatic carbocycles. The summed E-state index contributed by atoms with van der Waals surface area (Å²) >= 11 is 6.20. The highest BCUT2D eigenvalue weighted by Gasteiger charge is 2.36. The predicted octanol–water partition coefficient (Wildman–Crippen LogP) is 5.53. The quantitative estimate of drug-likeness (QED) is 0.558. The molecule has 3 heterocycles. The second-order valence-electron chi connectivity index (χ2n) is 7.52. The number of amides is 1. The highest BCUT2D eigenvalue weighted by atomic mass is 35.5. The van der Waals surface area contributed by atoms with E-state index in [1.165, 1.54) is 12.1 Å². The number of rotatable bonds is 4. The summed E-state index contributed by atoms with van der Waals surface area (Å²) in [4.78, 5) is 15.2. The van der Waals surface area contributed by atoms with E-state index < -0.39 is 5.82 Å². The van der Waals surface area contributed by atoms with Crippen LogP contribution in [-0.4, -0.2) is 27.7 Å². The Morgan fingerprint density at radius 2 is 2.10 bits per heavy atom. The summed E-state index contributed by atoms with van der Waals surface area (Å²) < 4.78 is 25.2. The Kier molecular flexibility index (Phi) is 5.17. The first-order chi connectivity index (χ1) is 13.9. The molecular weight excluding hydrogens is 397 g/mol. The van der Waals surface area contributed by atoms with Gasteiger partial charge in [-0.25, -0.2) is 4.39 Å². The maximum atomic E-state index is 14.5. The number of carbonyl (C=O) groups is 1. The van der Waals surface area contributed by atoms with Gasteiger partial charge in [0.05, 0.1) is 16.6 Å². The summed E-state index contributed by atoms with van der Waals surface area (Å²) in [5.41, 5.74) is 1.12. The molecule has 1 aliphatic heterocycles. The molecule has 1 aliphatic rings. The van der Waals surface area contributed by atoms with Crippen LogP contribution in [0, 0.1) is 12.7 Å². The van der Waals surface area contributed by atoms with Crippen LogP contribution in [0.5, 0.6) is 0 Å². The fraction of sp³-hybridized carbons (Fsp3) is 0.381. The van der Waals surface area contributed by atoms with Crippen LogP contribution in [0.3, 0.4) is 0 Å². The van der Waals surface area contributed by atoms with Crippen molar-refractivity contribution in [3.8, 4) is 11.3 Å². The van der Waals surface area contributed by atoms with Gasteiger partial charge in [0.15, 0.2) is 0 Å². The van der Waals surface area contributed by atoms with Crippen LogP contribution in [-0.2, 0) is 0 Å². The van der Waals surface area contributed by atoms with Gasteiger partial charge in [0.2, 0.25) is 0 Å². The molecule has 0 radical (unpaired) electrons. The molecular formula is C21H21ClFN3O3. The van der Waals surface area contributed by atoms with Crippen LogP contribution in [0.4, 0.5) is 4.39 Å². The summed E-state index contributed by atoms with van der Waals surface area (Å²) in [6, 6.07) is 6.02. The highest BCUT2D eigenvalue weighted by molar-refractivity contribution is 6.33. The number of halogens is 2. The second-order valence-corrected chi connectivity index (χ2v) is 7.93. The van der Waals surface area contributed by atoms with Gasteiger partial charge in [-0.3, -0.25) is 4.79 Å². The number of aromatic nitrogens is 2. The van der Waals surface area contributed by atoms with Gasteiger partial charge in [0.25, 0.3) is 5.91 Å². The molecule has 6 nitrogen and oxygen atoms in total. The third-order valence-corrected chi connectivity index (χ3v) is 5.56. The van der Waals surface area contributed by atoms with E-state index in [4.69, 9.17) is 20.6 Å². The summed E-state index contributed by atoms with van der Waals surface area (Å²) in [6.07, 6.45) is 1.61. The smallest absolute Gasteiger partial charge is 0.260 e. The van der Waals surface area contributed by atoms with Gasteiger partial charge in [-0.05, 0) is 31.9 Å². The zero-order valence-corrected chi connectivity index (χ0v) is 17.2. The van der Waals surface area contributed by atoms with Crippen molar-refractivity contribution in [2.24, 2.45) is 0 Å². The normalized spacial score (nSPS) is 16.8. The number of likely N-dealkylation sites (tertiary alicyclic amines) is 1. The lowest BCUT2D eigenvalue weighted by atomic mass is 10.0. The molecule has 2 aromatic heterocycles. The molecule has 1 fully saturated rings. The lowest BCUT2D eigenvalue weighted by molar-refractivity contribution is 0.0729. The number of benzene rings is 1. The number of nitrogens with zero attached hydrogens (tertiary/aromatic N) is 3. The summed E-state index contributed by atoms with van der Waals surface area (Å²) in [5.74, 6) is 0.458. The van der Waals surface area contributed by atoms with Gasteiger partial charge in [-0.2, -0.15) is 0 Å². The first-order valence-corrected chi connectivity index (χ1v) is 9.94. The maximum Gasteiger partial charge on any atom is 0.260 e. The van der Waals surface area contributed by atoms with Crippen LogP contribution in [0.25, 0.3) is 11.3 Å². The molecule has 1 atom stereocenters. The molecule has 0 saturated carbocycles. The zero-order valence-electron chi connectivity index (χ0n) is 16.4. The highest BCUT2D eigenvalue weighted by Crippen LogP contribution is 2.38. The molecule has 1 saturated heterocycles. The Morgan fingerprint density at radius 1 is 1.31 bits per heavy atom. The van der Waals surface area contributed by atoms with E-state index >= 15 is 0 Å². The molecule has 4 rings (SSSR count). The number of aryl methyl sites for hydroxylation is 1. The van der Waals surface area contributed by atoms with Crippen molar-refractivity contribution in [2.45, 2.75) is 45.6 Å². The summed E-state index contributed by atoms with van der Waals surface area (Å²) in [5, 5.41) is 8.29. The average molecular weight is 418 g/mol. The van der Waals surface area contributed by atoms with Crippen LogP contribution in [0.1, 0.15) is 66.2 Å². The fourth-order valence-corrected chi connectivity index (χ4v) is 3.97. The molecule has 152 valence electrons. The lowest BCUT2D eigenvalue weighted by Gasteiger charge is -2.23. The SMILES string of the molecule is Cc1onc(-c2c(F)cccc2Cl)c1C(=O)N1CCCC1c1cc(C(C)C)on1. The monoisotopic (exact) mass is 417 g/mol. The van der Waals surface area contributed by atoms with Crippen molar-refractivity contribution in [1.29, 1.82) is 0 Å². The van der Waals surface area contributed by atoms with E-state index in [1.807, 2.05) is 19.9 Å². The molecule has 0 aliphatic carbocycles. The molecule has 1 amide bonds. The number of carbonyl (C=O) groups excluding carboxylic acids is 1. The van der Waals surface area contributed by atoms with Gasteiger partial charge >= 0.3 is 0 Å². The lowest BCUT2D eigenvalue weighted by Crippen LogP contribution is -2.31. The molecule has 8 heteroatoms. The van der Waals surface area contributed by atoms with Gasteiger partial charge in [-0.1, -0.05) is 41.8 Å².